The summed E-state index contributed by atoms with van der Waals surface area (Å²) in [6, 6.07) is 0. The van der Waals surface area contributed by atoms with Gasteiger partial charge in [-0.2, -0.15) is 0 Å². The maximum absolute atomic E-state index is 11.3. The molecule has 0 aliphatic carbocycles. The van der Waals surface area contributed by atoms with Gasteiger partial charge in [-0.25, -0.2) is 9.59 Å². The second kappa shape index (κ2) is 17.3. The lowest BCUT2D eigenvalue weighted by molar-refractivity contribution is -0.169. The van der Waals surface area contributed by atoms with Crippen LogP contribution >= 0.6 is 0 Å². The number of aliphatic hydroxyl groups is 2. The topological polar surface area (TPSA) is 104 Å². The predicted octanol–water partition coefficient (Wildman–Crippen LogP) is 3.82. The number of aliphatic hydroxyl groups excluding tert-OH is 2. The summed E-state index contributed by atoms with van der Waals surface area (Å²) < 4.78 is 4.77. The Morgan fingerprint density at radius 1 is 0.692 bits per heavy atom. The van der Waals surface area contributed by atoms with Crippen molar-refractivity contribution in [3.8, 4) is 0 Å². The van der Waals surface area contributed by atoms with E-state index in [1.807, 2.05) is 0 Å². The Balaban J connectivity index is 3.31. The second-order valence-corrected chi connectivity index (χ2v) is 6.99. The van der Waals surface area contributed by atoms with Gasteiger partial charge < -0.3 is 20.1 Å². The number of carbonyl (C=O) groups excluding carboxylic acids is 1. The summed E-state index contributed by atoms with van der Waals surface area (Å²) in [5.41, 5.74) is 0. The lowest BCUT2D eigenvalue weighted by atomic mass is 10.0. The molecule has 0 spiro atoms. The van der Waals surface area contributed by atoms with Crippen LogP contribution < -0.4 is 0 Å². The van der Waals surface area contributed by atoms with Gasteiger partial charge in [0.1, 0.15) is 0 Å². The zero-order chi connectivity index (χ0) is 19.6. The molecule has 0 saturated carbocycles. The Morgan fingerprint density at radius 2 is 1.08 bits per heavy atom. The van der Waals surface area contributed by atoms with E-state index in [-0.39, 0.29) is 6.61 Å². The minimum absolute atomic E-state index is 0.139. The third-order valence-corrected chi connectivity index (χ3v) is 4.54. The first-order valence-corrected chi connectivity index (χ1v) is 10.3. The molecule has 2 atom stereocenters. The fourth-order valence-corrected chi connectivity index (χ4v) is 2.82. The van der Waals surface area contributed by atoms with Gasteiger partial charge in [-0.3, -0.25) is 0 Å². The SMILES string of the molecule is CCCCCCCCCCCCCCCCOC(=O)C(O)C(O)C(=O)O. The summed E-state index contributed by atoms with van der Waals surface area (Å²) >= 11 is 0. The van der Waals surface area contributed by atoms with Crippen molar-refractivity contribution in [1.29, 1.82) is 0 Å². The standard InChI is InChI=1S/C20H38O6/c1-2-3-4-5-6-7-8-9-10-11-12-13-14-15-16-26-20(25)18(22)17(21)19(23)24/h17-18,21-22H,2-16H2,1H3,(H,23,24). The first kappa shape index (κ1) is 24.9. The minimum Gasteiger partial charge on any atom is -0.479 e. The van der Waals surface area contributed by atoms with Gasteiger partial charge in [0, 0.05) is 0 Å². The van der Waals surface area contributed by atoms with Crippen LogP contribution in [0.15, 0.2) is 0 Å². The van der Waals surface area contributed by atoms with E-state index in [1.54, 1.807) is 0 Å². The van der Waals surface area contributed by atoms with E-state index in [4.69, 9.17) is 14.9 Å². The Labute approximate surface area is 157 Å². The van der Waals surface area contributed by atoms with Crippen molar-refractivity contribution in [2.24, 2.45) is 0 Å². The van der Waals surface area contributed by atoms with E-state index in [0.717, 1.165) is 12.8 Å². The van der Waals surface area contributed by atoms with Gasteiger partial charge in [0.05, 0.1) is 6.61 Å². The zero-order valence-corrected chi connectivity index (χ0v) is 16.3. The molecule has 0 aromatic heterocycles. The first-order chi connectivity index (χ1) is 12.5. The van der Waals surface area contributed by atoms with Crippen molar-refractivity contribution in [3.05, 3.63) is 0 Å². The molecule has 26 heavy (non-hydrogen) atoms. The molecule has 3 N–H and O–H groups in total. The summed E-state index contributed by atoms with van der Waals surface area (Å²) in [4.78, 5) is 21.8. The largest absolute Gasteiger partial charge is 0.479 e. The van der Waals surface area contributed by atoms with E-state index in [2.05, 4.69) is 6.92 Å². The normalized spacial score (nSPS) is 13.3. The molecule has 154 valence electrons. The molecule has 0 aromatic rings. The minimum atomic E-state index is -2.14. The van der Waals surface area contributed by atoms with Gasteiger partial charge in [-0.15, -0.1) is 0 Å². The summed E-state index contributed by atoms with van der Waals surface area (Å²) in [5, 5.41) is 26.8. The van der Waals surface area contributed by atoms with Crippen LogP contribution in [0.25, 0.3) is 0 Å². The highest BCUT2D eigenvalue weighted by Gasteiger charge is 2.31. The van der Waals surface area contributed by atoms with Gasteiger partial charge in [0.15, 0.2) is 12.2 Å². The molecule has 0 heterocycles. The van der Waals surface area contributed by atoms with Crippen LogP contribution in [-0.4, -0.2) is 46.1 Å². The number of unbranched alkanes of at least 4 members (excludes halogenated alkanes) is 13. The van der Waals surface area contributed by atoms with Crippen molar-refractivity contribution in [1.82, 2.24) is 0 Å². The molecule has 0 fully saturated rings. The number of hydrogen-bond acceptors (Lipinski definition) is 5. The van der Waals surface area contributed by atoms with Crippen LogP contribution in [0.3, 0.4) is 0 Å². The molecule has 0 amide bonds. The quantitative estimate of drug-likeness (QED) is 0.249. The lowest BCUT2D eigenvalue weighted by Gasteiger charge is -2.13. The van der Waals surface area contributed by atoms with Crippen LogP contribution in [0.1, 0.15) is 96.8 Å². The van der Waals surface area contributed by atoms with Gasteiger partial charge in [-0.1, -0.05) is 90.4 Å². The molecule has 6 heteroatoms. The Bertz CT molecular complexity index is 358. The van der Waals surface area contributed by atoms with Crippen LogP contribution in [-0.2, 0) is 14.3 Å². The number of carboxylic acid groups (broad SMARTS) is 1. The number of ether oxygens (including phenoxy) is 1. The molecular formula is C20H38O6. The van der Waals surface area contributed by atoms with Gasteiger partial charge in [-0.05, 0) is 6.42 Å². The Kier molecular flexibility index (Phi) is 16.5. The highest BCUT2D eigenvalue weighted by molar-refractivity contribution is 5.84. The summed E-state index contributed by atoms with van der Waals surface area (Å²) in [5.74, 6) is -2.74. The molecule has 0 bridgehead atoms. The van der Waals surface area contributed by atoms with Crippen molar-refractivity contribution in [2.45, 2.75) is 109 Å². The van der Waals surface area contributed by atoms with Gasteiger partial charge in [0.2, 0.25) is 0 Å². The second-order valence-electron chi connectivity index (χ2n) is 6.99. The molecule has 0 radical (unpaired) electrons. The highest BCUT2D eigenvalue weighted by Crippen LogP contribution is 2.13. The fourth-order valence-electron chi connectivity index (χ4n) is 2.82. The Hall–Kier alpha value is -1.14. The molecule has 0 saturated heterocycles. The number of carbonyl (C=O) groups is 2. The van der Waals surface area contributed by atoms with E-state index < -0.39 is 24.1 Å². The first-order valence-electron chi connectivity index (χ1n) is 10.3. The van der Waals surface area contributed by atoms with Crippen LogP contribution in [0.4, 0.5) is 0 Å². The molecule has 0 aromatic carbocycles. The molecule has 6 nitrogen and oxygen atoms in total. The molecule has 0 aliphatic rings. The average Bonchev–Trinajstić information content (AvgIpc) is 2.63. The third-order valence-electron chi connectivity index (χ3n) is 4.54. The molecule has 0 aliphatic heterocycles. The summed E-state index contributed by atoms with van der Waals surface area (Å²) in [6.07, 6.45) is 13.0. The highest BCUT2D eigenvalue weighted by atomic mass is 16.5. The van der Waals surface area contributed by atoms with Gasteiger partial charge in [0.25, 0.3) is 0 Å². The van der Waals surface area contributed by atoms with Crippen LogP contribution in [0.2, 0.25) is 0 Å². The van der Waals surface area contributed by atoms with Gasteiger partial charge >= 0.3 is 11.9 Å². The van der Waals surface area contributed by atoms with Crippen LogP contribution in [0, 0.1) is 0 Å². The summed E-state index contributed by atoms with van der Waals surface area (Å²) in [6.45, 7) is 2.38. The van der Waals surface area contributed by atoms with Crippen LogP contribution in [0.5, 0.6) is 0 Å². The zero-order valence-electron chi connectivity index (χ0n) is 16.3. The molecular weight excluding hydrogens is 336 g/mol. The maximum Gasteiger partial charge on any atom is 0.338 e. The van der Waals surface area contributed by atoms with Crippen molar-refractivity contribution < 1.29 is 29.6 Å². The van der Waals surface area contributed by atoms with E-state index in [9.17, 15) is 14.7 Å². The lowest BCUT2D eigenvalue weighted by Crippen LogP contribution is -2.40. The predicted molar refractivity (Wildman–Crippen MR) is 101 cm³/mol. The number of hydrogen-bond donors (Lipinski definition) is 3. The third kappa shape index (κ3) is 14.1. The number of esters is 1. The monoisotopic (exact) mass is 374 g/mol. The smallest absolute Gasteiger partial charge is 0.338 e. The average molecular weight is 375 g/mol. The maximum atomic E-state index is 11.3. The van der Waals surface area contributed by atoms with E-state index >= 15 is 0 Å². The fraction of sp³-hybridized carbons (Fsp3) is 0.900. The molecule has 2 unspecified atom stereocenters. The van der Waals surface area contributed by atoms with Crippen molar-refractivity contribution >= 4 is 11.9 Å². The van der Waals surface area contributed by atoms with E-state index in [1.165, 1.54) is 70.6 Å². The van der Waals surface area contributed by atoms with Crippen molar-refractivity contribution in [2.75, 3.05) is 6.61 Å². The molecule has 0 rings (SSSR count). The number of carboxylic acids is 1. The van der Waals surface area contributed by atoms with Crippen molar-refractivity contribution in [3.63, 3.8) is 0 Å². The number of aliphatic carboxylic acids is 1. The Morgan fingerprint density at radius 3 is 1.46 bits per heavy atom. The summed E-state index contributed by atoms with van der Waals surface area (Å²) in [7, 11) is 0. The number of rotatable bonds is 18. The van der Waals surface area contributed by atoms with E-state index in [0.29, 0.717) is 6.42 Å².